The molecule has 2 nitrogen and oxygen atoms in total. The molecule has 0 fully saturated rings. The van der Waals surface area contributed by atoms with Crippen LogP contribution in [0.5, 0.6) is 0 Å². The van der Waals surface area contributed by atoms with Crippen LogP contribution in [0.1, 0.15) is 11.1 Å². The fraction of sp³-hybridized carbons (Fsp3) is 0.154. The summed E-state index contributed by atoms with van der Waals surface area (Å²) >= 11 is 0. The molecule has 2 aromatic rings. The molecule has 0 saturated carbocycles. The summed E-state index contributed by atoms with van der Waals surface area (Å²) in [5, 5.41) is 8.94. The fourth-order valence-electron chi connectivity index (χ4n) is 1.85. The van der Waals surface area contributed by atoms with Gasteiger partial charge in [-0.05, 0) is 11.6 Å². The predicted molar refractivity (Wildman–Crippen MR) is 60.6 cm³/mol. The molecule has 0 saturated heterocycles. The van der Waals surface area contributed by atoms with Crippen LogP contribution in [-0.2, 0) is 13.2 Å². The largest absolute Gasteiger partial charge is 0.417 e. The second-order valence-electron chi connectivity index (χ2n) is 3.91. The zero-order valence-electron chi connectivity index (χ0n) is 9.49. The Morgan fingerprint density at radius 1 is 1.11 bits per heavy atom. The second-order valence-corrected chi connectivity index (χ2v) is 3.91. The number of rotatable bonds is 1. The molecule has 1 aromatic carbocycles. The minimum Gasteiger partial charge on any atom is -0.355 e. The first kappa shape index (κ1) is 12.2. The van der Waals surface area contributed by atoms with E-state index >= 15 is 0 Å². The average Bonchev–Trinajstić information content (AvgIpc) is 2.69. The first-order chi connectivity index (χ1) is 8.43. The number of nitrogens with zero attached hydrogens (tertiary/aromatic N) is 2. The van der Waals surface area contributed by atoms with Crippen LogP contribution >= 0.6 is 0 Å². The lowest BCUT2D eigenvalue weighted by Crippen LogP contribution is -2.06. The van der Waals surface area contributed by atoms with Crippen molar-refractivity contribution in [1.29, 1.82) is 5.26 Å². The van der Waals surface area contributed by atoms with Crippen LogP contribution in [0.2, 0.25) is 0 Å². The third-order valence-electron chi connectivity index (χ3n) is 2.60. The van der Waals surface area contributed by atoms with Gasteiger partial charge in [-0.2, -0.15) is 18.4 Å². The summed E-state index contributed by atoms with van der Waals surface area (Å²) in [5.41, 5.74) is -0.169. The van der Waals surface area contributed by atoms with Crippen molar-refractivity contribution in [3.63, 3.8) is 0 Å². The third-order valence-corrected chi connectivity index (χ3v) is 2.60. The lowest BCUT2D eigenvalue weighted by atomic mass is 9.99. The zero-order valence-corrected chi connectivity index (χ0v) is 9.49. The van der Waals surface area contributed by atoms with Gasteiger partial charge in [0.05, 0.1) is 11.1 Å². The molecule has 0 N–H and O–H groups in total. The molecule has 0 aliphatic rings. The van der Waals surface area contributed by atoms with E-state index in [1.165, 1.54) is 30.6 Å². The summed E-state index contributed by atoms with van der Waals surface area (Å²) in [6.07, 6.45) is -1.41. The van der Waals surface area contributed by atoms with Crippen LogP contribution in [0, 0.1) is 11.3 Å². The lowest BCUT2D eigenvalue weighted by Gasteiger charge is -2.11. The summed E-state index contributed by atoms with van der Waals surface area (Å²) in [6, 6.07) is 7.16. The van der Waals surface area contributed by atoms with E-state index in [9.17, 15) is 13.2 Å². The van der Waals surface area contributed by atoms with Crippen molar-refractivity contribution in [3.05, 3.63) is 47.8 Å². The summed E-state index contributed by atoms with van der Waals surface area (Å²) in [4.78, 5) is 0. The molecule has 0 radical (unpaired) electrons. The van der Waals surface area contributed by atoms with Crippen molar-refractivity contribution in [2.45, 2.75) is 6.18 Å². The molecule has 5 heteroatoms. The first-order valence-corrected chi connectivity index (χ1v) is 5.16. The highest BCUT2D eigenvalue weighted by Crippen LogP contribution is 2.38. The van der Waals surface area contributed by atoms with E-state index < -0.39 is 11.7 Å². The topological polar surface area (TPSA) is 28.7 Å². The number of hydrogen-bond donors (Lipinski definition) is 0. The van der Waals surface area contributed by atoms with Crippen molar-refractivity contribution in [3.8, 4) is 17.2 Å². The highest BCUT2D eigenvalue weighted by atomic mass is 19.4. The van der Waals surface area contributed by atoms with Gasteiger partial charge in [0, 0.05) is 25.0 Å². The minimum atomic E-state index is -4.43. The summed E-state index contributed by atoms with van der Waals surface area (Å²) in [6.45, 7) is 0. The fourth-order valence-corrected chi connectivity index (χ4v) is 1.85. The normalized spacial score (nSPS) is 11.3. The van der Waals surface area contributed by atoms with Gasteiger partial charge in [-0.3, -0.25) is 0 Å². The number of nitriles is 1. The average molecular weight is 250 g/mol. The predicted octanol–water partition coefficient (Wildman–Crippen LogP) is 3.58. The Morgan fingerprint density at radius 2 is 1.78 bits per heavy atom. The number of alkyl halides is 3. The van der Waals surface area contributed by atoms with Gasteiger partial charge in [-0.15, -0.1) is 0 Å². The number of aromatic nitrogens is 1. The maximum Gasteiger partial charge on any atom is 0.417 e. The quantitative estimate of drug-likeness (QED) is 0.760. The Bertz CT molecular complexity index is 618. The molecule has 1 aromatic heterocycles. The summed E-state index contributed by atoms with van der Waals surface area (Å²) in [7, 11) is 1.67. The lowest BCUT2D eigenvalue weighted by molar-refractivity contribution is -0.137. The van der Waals surface area contributed by atoms with Gasteiger partial charge in [-0.25, -0.2) is 0 Å². The van der Waals surface area contributed by atoms with Crippen LogP contribution in [0.25, 0.3) is 11.1 Å². The van der Waals surface area contributed by atoms with Crippen molar-refractivity contribution in [2.75, 3.05) is 0 Å². The smallest absolute Gasteiger partial charge is 0.355 e. The summed E-state index contributed by atoms with van der Waals surface area (Å²) in [5.74, 6) is 0. The SMILES string of the molecule is Cn1cc(C#N)c(-c2ccccc2C(F)(F)F)c1. The highest BCUT2D eigenvalue weighted by Gasteiger charge is 2.33. The van der Waals surface area contributed by atoms with Gasteiger partial charge < -0.3 is 4.57 Å². The van der Waals surface area contributed by atoms with Gasteiger partial charge in [0.1, 0.15) is 6.07 Å². The van der Waals surface area contributed by atoms with E-state index in [2.05, 4.69) is 0 Å². The van der Waals surface area contributed by atoms with Crippen molar-refractivity contribution in [1.82, 2.24) is 4.57 Å². The molecule has 92 valence electrons. The van der Waals surface area contributed by atoms with Gasteiger partial charge >= 0.3 is 6.18 Å². The Morgan fingerprint density at radius 3 is 2.39 bits per heavy atom. The Balaban J connectivity index is 2.69. The van der Waals surface area contributed by atoms with E-state index in [1.54, 1.807) is 11.6 Å². The molecule has 0 amide bonds. The molecule has 0 spiro atoms. The zero-order chi connectivity index (χ0) is 13.3. The number of hydrogen-bond acceptors (Lipinski definition) is 1. The molecule has 0 aliphatic heterocycles. The van der Waals surface area contributed by atoms with E-state index in [1.807, 2.05) is 6.07 Å². The van der Waals surface area contributed by atoms with Gasteiger partial charge in [0.2, 0.25) is 0 Å². The maximum absolute atomic E-state index is 12.9. The van der Waals surface area contributed by atoms with Gasteiger partial charge in [-0.1, -0.05) is 18.2 Å². The summed E-state index contributed by atoms with van der Waals surface area (Å²) < 4.78 is 40.2. The van der Waals surface area contributed by atoms with Crippen LogP contribution in [0.3, 0.4) is 0 Å². The monoisotopic (exact) mass is 250 g/mol. The van der Waals surface area contributed by atoms with E-state index in [0.29, 0.717) is 5.56 Å². The molecule has 18 heavy (non-hydrogen) atoms. The highest BCUT2D eigenvalue weighted by molar-refractivity contribution is 5.73. The van der Waals surface area contributed by atoms with Crippen LogP contribution in [0.4, 0.5) is 13.2 Å². The number of halogens is 3. The van der Waals surface area contributed by atoms with E-state index in [0.717, 1.165) is 6.07 Å². The standard InChI is InChI=1S/C13H9F3N2/c1-18-7-9(6-17)11(8-18)10-4-2-3-5-12(10)13(14,15)16/h2-5,7-8H,1H3. The molecule has 1 heterocycles. The van der Waals surface area contributed by atoms with E-state index in [-0.39, 0.29) is 11.1 Å². The number of benzene rings is 1. The minimum absolute atomic E-state index is 0.0298. The second kappa shape index (κ2) is 4.22. The molecule has 2 rings (SSSR count). The van der Waals surface area contributed by atoms with Gasteiger partial charge in [0.25, 0.3) is 0 Å². The maximum atomic E-state index is 12.9. The number of aryl methyl sites for hydroxylation is 1. The molecular formula is C13H9F3N2. The first-order valence-electron chi connectivity index (χ1n) is 5.16. The Labute approximate surface area is 102 Å². The molecule has 0 atom stereocenters. The van der Waals surface area contributed by atoms with Crippen LogP contribution in [-0.4, -0.2) is 4.57 Å². The van der Waals surface area contributed by atoms with Crippen molar-refractivity contribution < 1.29 is 13.2 Å². The van der Waals surface area contributed by atoms with Crippen LogP contribution < -0.4 is 0 Å². The molecular weight excluding hydrogens is 241 g/mol. The van der Waals surface area contributed by atoms with E-state index in [4.69, 9.17) is 5.26 Å². The van der Waals surface area contributed by atoms with Crippen molar-refractivity contribution >= 4 is 0 Å². The third kappa shape index (κ3) is 2.09. The molecule has 0 bridgehead atoms. The molecule has 0 unspecified atom stereocenters. The van der Waals surface area contributed by atoms with Gasteiger partial charge in [0.15, 0.2) is 0 Å². The Kier molecular flexibility index (Phi) is 2.87. The Hall–Kier alpha value is -2.22. The molecule has 0 aliphatic carbocycles. The van der Waals surface area contributed by atoms with Crippen molar-refractivity contribution in [2.24, 2.45) is 7.05 Å². The van der Waals surface area contributed by atoms with Crippen LogP contribution in [0.15, 0.2) is 36.7 Å².